The number of aliphatic hydroxyl groups is 1. The number of rotatable bonds is 6. The molecule has 0 aliphatic carbocycles. The van der Waals surface area contributed by atoms with Crippen molar-refractivity contribution in [1.29, 1.82) is 0 Å². The topological polar surface area (TPSA) is 88.8 Å². The molecule has 0 aromatic heterocycles. The zero-order chi connectivity index (χ0) is 20.9. The van der Waals surface area contributed by atoms with Crippen molar-refractivity contribution < 1.29 is 14.7 Å². The molecule has 0 bridgehead atoms. The van der Waals surface area contributed by atoms with Crippen LogP contribution in [0, 0.1) is 0 Å². The van der Waals surface area contributed by atoms with Crippen molar-refractivity contribution in [2.45, 2.75) is 12.5 Å². The zero-order valence-corrected chi connectivity index (χ0v) is 16.7. The molecule has 2 aromatic carbocycles. The van der Waals surface area contributed by atoms with Crippen LogP contribution in [-0.4, -0.2) is 72.1 Å². The Hall–Kier alpha value is -2.94. The number of piperazine rings is 1. The number of hydrogen-bond acceptors (Lipinski definition) is 7. The summed E-state index contributed by atoms with van der Waals surface area (Å²) in [6.45, 7) is 3.80. The highest BCUT2D eigenvalue weighted by Crippen LogP contribution is 2.28. The first-order chi connectivity index (χ1) is 14.7. The number of hydrogen-bond donors (Lipinski definition) is 1. The molecule has 2 aromatic rings. The van der Waals surface area contributed by atoms with E-state index < -0.39 is 6.04 Å². The van der Waals surface area contributed by atoms with Crippen LogP contribution in [0.4, 0.5) is 17.1 Å². The lowest BCUT2D eigenvalue weighted by atomic mass is 10.1. The molecule has 1 unspecified atom stereocenters. The standard InChI is InChI=1S/C22H25N5O3/c28-15-14-25-10-12-26(13-11-25)20-16-21(29)27(22(20)30)19-8-6-18(7-9-19)24-23-17-4-2-1-3-5-17/h1-9,20,28H,10-16H2. The highest BCUT2D eigenvalue weighted by molar-refractivity contribution is 6.22. The van der Waals surface area contributed by atoms with Crippen LogP contribution >= 0.6 is 0 Å². The summed E-state index contributed by atoms with van der Waals surface area (Å²) in [5, 5.41) is 17.4. The summed E-state index contributed by atoms with van der Waals surface area (Å²) in [5.74, 6) is -0.351. The summed E-state index contributed by atoms with van der Waals surface area (Å²) >= 11 is 0. The summed E-state index contributed by atoms with van der Waals surface area (Å²) < 4.78 is 0. The molecule has 2 fully saturated rings. The Labute approximate surface area is 175 Å². The van der Waals surface area contributed by atoms with Gasteiger partial charge in [-0.25, -0.2) is 4.90 Å². The van der Waals surface area contributed by atoms with Crippen molar-refractivity contribution in [1.82, 2.24) is 9.80 Å². The lowest BCUT2D eigenvalue weighted by molar-refractivity contribution is -0.123. The molecule has 2 saturated heterocycles. The number of nitrogens with zero attached hydrogens (tertiary/aromatic N) is 5. The van der Waals surface area contributed by atoms with Crippen molar-refractivity contribution in [3.63, 3.8) is 0 Å². The second-order valence-electron chi connectivity index (χ2n) is 7.44. The maximum absolute atomic E-state index is 13.0. The molecule has 0 radical (unpaired) electrons. The van der Waals surface area contributed by atoms with Crippen molar-refractivity contribution in [2.24, 2.45) is 10.2 Å². The Bertz CT molecular complexity index is 908. The average molecular weight is 407 g/mol. The fourth-order valence-electron chi connectivity index (χ4n) is 3.89. The molecule has 2 heterocycles. The lowest BCUT2D eigenvalue weighted by Gasteiger charge is -2.36. The number of β-amino-alcohol motifs (C(OH)–C–C–N with tert-alkyl or cyclic N) is 1. The van der Waals surface area contributed by atoms with Crippen molar-refractivity contribution in [3.05, 3.63) is 54.6 Å². The minimum atomic E-state index is -0.411. The van der Waals surface area contributed by atoms with E-state index in [0.717, 1.165) is 31.9 Å². The smallest absolute Gasteiger partial charge is 0.251 e. The molecule has 2 aliphatic rings. The third kappa shape index (κ3) is 4.46. The zero-order valence-electron chi connectivity index (χ0n) is 16.7. The van der Waals surface area contributed by atoms with E-state index in [2.05, 4.69) is 20.0 Å². The Kier molecular flexibility index (Phi) is 6.27. The number of azo groups is 1. The van der Waals surface area contributed by atoms with Crippen LogP contribution in [0.3, 0.4) is 0 Å². The lowest BCUT2D eigenvalue weighted by Crippen LogP contribution is -2.52. The predicted molar refractivity (Wildman–Crippen MR) is 113 cm³/mol. The minimum absolute atomic E-state index is 0.134. The highest BCUT2D eigenvalue weighted by atomic mass is 16.3. The van der Waals surface area contributed by atoms with E-state index in [-0.39, 0.29) is 24.8 Å². The van der Waals surface area contributed by atoms with Gasteiger partial charge in [-0.05, 0) is 36.4 Å². The van der Waals surface area contributed by atoms with E-state index in [9.17, 15) is 9.59 Å². The quantitative estimate of drug-likeness (QED) is 0.587. The van der Waals surface area contributed by atoms with Gasteiger partial charge in [-0.3, -0.25) is 19.4 Å². The van der Waals surface area contributed by atoms with Gasteiger partial charge < -0.3 is 5.11 Å². The van der Waals surface area contributed by atoms with E-state index in [0.29, 0.717) is 17.9 Å². The normalized spacial score (nSPS) is 21.1. The van der Waals surface area contributed by atoms with Gasteiger partial charge in [-0.15, -0.1) is 0 Å². The molecule has 0 spiro atoms. The van der Waals surface area contributed by atoms with E-state index in [1.807, 2.05) is 30.3 Å². The second kappa shape index (κ2) is 9.25. The summed E-state index contributed by atoms with van der Waals surface area (Å²) in [6.07, 6.45) is 0.203. The van der Waals surface area contributed by atoms with Gasteiger partial charge in [0.15, 0.2) is 0 Å². The Morgan fingerprint density at radius 3 is 2.13 bits per heavy atom. The Balaban J connectivity index is 1.41. The van der Waals surface area contributed by atoms with Gasteiger partial charge in [-0.2, -0.15) is 10.2 Å². The molecule has 8 nitrogen and oxygen atoms in total. The van der Waals surface area contributed by atoms with Gasteiger partial charge >= 0.3 is 0 Å². The third-order valence-corrected chi connectivity index (χ3v) is 5.53. The van der Waals surface area contributed by atoms with E-state index >= 15 is 0 Å². The van der Waals surface area contributed by atoms with Gasteiger partial charge in [0.25, 0.3) is 5.91 Å². The molecule has 156 valence electrons. The molecule has 1 atom stereocenters. The van der Waals surface area contributed by atoms with Crippen LogP contribution in [-0.2, 0) is 9.59 Å². The van der Waals surface area contributed by atoms with Gasteiger partial charge in [-0.1, -0.05) is 18.2 Å². The molecule has 2 aliphatic heterocycles. The fourth-order valence-corrected chi connectivity index (χ4v) is 3.89. The van der Waals surface area contributed by atoms with E-state index in [1.54, 1.807) is 24.3 Å². The fraction of sp³-hybridized carbons (Fsp3) is 0.364. The number of carbonyl (C=O) groups excluding carboxylic acids is 2. The second-order valence-corrected chi connectivity index (χ2v) is 7.44. The summed E-state index contributed by atoms with van der Waals surface area (Å²) in [5.41, 5.74) is 1.97. The summed E-state index contributed by atoms with van der Waals surface area (Å²) in [7, 11) is 0. The van der Waals surface area contributed by atoms with Crippen LogP contribution in [0.5, 0.6) is 0 Å². The minimum Gasteiger partial charge on any atom is -0.395 e. The maximum Gasteiger partial charge on any atom is 0.251 e. The van der Waals surface area contributed by atoms with Gasteiger partial charge in [0.05, 0.1) is 36.1 Å². The molecule has 8 heteroatoms. The largest absolute Gasteiger partial charge is 0.395 e. The first-order valence-electron chi connectivity index (χ1n) is 10.2. The van der Waals surface area contributed by atoms with Crippen molar-refractivity contribution in [2.75, 3.05) is 44.2 Å². The SMILES string of the molecule is O=C1CC(N2CCN(CCO)CC2)C(=O)N1c1ccc(N=Nc2ccccc2)cc1. The van der Waals surface area contributed by atoms with Crippen LogP contribution in [0.1, 0.15) is 6.42 Å². The van der Waals surface area contributed by atoms with Gasteiger partial charge in [0.2, 0.25) is 5.91 Å². The molecular formula is C22H25N5O3. The summed E-state index contributed by atoms with van der Waals surface area (Å²) in [4.78, 5) is 31.1. The van der Waals surface area contributed by atoms with Crippen LogP contribution < -0.4 is 4.90 Å². The van der Waals surface area contributed by atoms with Gasteiger partial charge in [0, 0.05) is 32.7 Å². The molecular weight excluding hydrogens is 382 g/mol. The maximum atomic E-state index is 13.0. The predicted octanol–water partition coefficient (Wildman–Crippen LogP) is 2.34. The number of benzene rings is 2. The Morgan fingerprint density at radius 2 is 1.50 bits per heavy atom. The van der Waals surface area contributed by atoms with Gasteiger partial charge in [0.1, 0.15) is 0 Å². The first kappa shape index (κ1) is 20.3. The monoisotopic (exact) mass is 407 g/mol. The van der Waals surface area contributed by atoms with Crippen molar-refractivity contribution in [3.8, 4) is 0 Å². The number of aliphatic hydroxyl groups excluding tert-OH is 1. The number of carbonyl (C=O) groups is 2. The van der Waals surface area contributed by atoms with E-state index in [4.69, 9.17) is 5.11 Å². The van der Waals surface area contributed by atoms with Crippen LogP contribution in [0.25, 0.3) is 0 Å². The molecule has 2 amide bonds. The van der Waals surface area contributed by atoms with Crippen LogP contribution in [0.15, 0.2) is 64.8 Å². The molecule has 4 rings (SSSR count). The number of imide groups is 1. The number of amides is 2. The van der Waals surface area contributed by atoms with Crippen molar-refractivity contribution >= 4 is 28.9 Å². The highest BCUT2D eigenvalue weighted by Gasteiger charge is 2.43. The van der Waals surface area contributed by atoms with Crippen LogP contribution in [0.2, 0.25) is 0 Å². The van der Waals surface area contributed by atoms with E-state index in [1.165, 1.54) is 4.90 Å². The molecule has 0 saturated carbocycles. The Morgan fingerprint density at radius 1 is 0.867 bits per heavy atom. The molecule has 1 N–H and O–H groups in total. The molecule has 30 heavy (non-hydrogen) atoms. The first-order valence-corrected chi connectivity index (χ1v) is 10.2. The summed E-state index contributed by atoms with van der Waals surface area (Å²) in [6, 6.07) is 16.0. The number of anilines is 1. The third-order valence-electron chi connectivity index (χ3n) is 5.53. The average Bonchev–Trinajstić information content (AvgIpc) is 3.08.